The molecule has 0 N–H and O–H groups in total. The van der Waals surface area contributed by atoms with E-state index in [9.17, 15) is 13.2 Å². The van der Waals surface area contributed by atoms with Gasteiger partial charge in [-0.2, -0.15) is 18.3 Å². The lowest BCUT2D eigenvalue weighted by Gasteiger charge is -2.08. The van der Waals surface area contributed by atoms with Crippen molar-refractivity contribution in [1.29, 1.82) is 0 Å². The molecule has 0 aromatic carbocycles. The van der Waals surface area contributed by atoms with Gasteiger partial charge in [0, 0.05) is 6.04 Å². The summed E-state index contributed by atoms with van der Waals surface area (Å²) < 4.78 is 38.0. The van der Waals surface area contributed by atoms with Crippen LogP contribution in [-0.4, -0.2) is 9.78 Å². The maximum absolute atomic E-state index is 12.2. The predicted molar refractivity (Wildman–Crippen MR) is 45.3 cm³/mol. The zero-order chi connectivity index (χ0) is 10.2. The second kappa shape index (κ2) is 3.32. The summed E-state index contributed by atoms with van der Waals surface area (Å²) in [5, 5.41) is 3.63. The number of nitrogens with zero attached hydrogens (tertiary/aromatic N) is 2. The number of hydrogen-bond acceptors (Lipinski definition) is 1. The summed E-state index contributed by atoms with van der Waals surface area (Å²) in [5.74, 6) is 0. The van der Waals surface area contributed by atoms with Crippen molar-refractivity contribution in [2.75, 3.05) is 0 Å². The van der Waals surface area contributed by atoms with E-state index in [2.05, 4.69) is 21.0 Å². The van der Waals surface area contributed by atoms with E-state index in [-0.39, 0.29) is 10.6 Å². The largest absolute Gasteiger partial charge is 0.420 e. The molecule has 1 rings (SSSR count). The normalized spacial score (nSPS) is 12.5. The van der Waals surface area contributed by atoms with Gasteiger partial charge in [0.25, 0.3) is 0 Å². The Hall–Kier alpha value is -0.520. The van der Waals surface area contributed by atoms with Gasteiger partial charge in [0.2, 0.25) is 0 Å². The maximum atomic E-state index is 12.2. The highest BCUT2D eigenvalue weighted by atomic mass is 79.9. The first kappa shape index (κ1) is 10.6. The summed E-state index contributed by atoms with van der Waals surface area (Å²) in [6.07, 6.45) is -3.52. The molecule has 0 saturated carbocycles. The van der Waals surface area contributed by atoms with Crippen LogP contribution in [0.15, 0.2) is 10.8 Å². The van der Waals surface area contributed by atoms with Crippen LogP contribution in [0.2, 0.25) is 0 Å². The molecule has 0 aliphatic heterocycles. The number of aromatic nitrogens is 2. The van der Waals surface area contributed by atoms with Gasteiger partial charge in [-0.1, -0.05) is 0 Å². The molecule has 0 atom stereocenters. The predicted octanol–water partition coefficient (Wildman–Crippen LogP) is 3.25. The van der Waals surface area contributed by atoms with Gasteiger partial charge >= 0.3 is 6.18 Å². The molecule has 6 heteroatoms. The van der Waals surface area contributed by atoms with Crippen LogP contribution in [0.5, 0.6) is 0 Å². The molecule has 0 aliphatic carbocycles. The fraction of sp³-hybridized carbons (Fsp3) is 0.571. The van der Waals surface area contributed by atoms with Crippen molar-refractivity contribution in [3.05, 3.63) is 16.4 Å². The number of hydrogen-bond donors (Lipinski definition) is 0. The van der Waals surface area contributed by atoms with Crippen molar-refractivity contribution >= 4 is 15.9 Å². The van der Waals surface area contributed by atoms with Crippen LogP contribution in [0.25, 0.3) is 0 Å². The van der Waals surface area contributed by atoms with E-state index in [0.29, 0.717) is 0 Å². The fourth-order valence-electron chi connectivity index (χ4n) is 0.897. The van der Waals surface area contributed by atoms with E-state index in [1.807, 2.05) is 0 Å². The second-order valence-corrected chi connectivity index (χ2v) is 3.64. The minimum atomic E-state index is -4.34. The third-order valence-corrected chi connectivity index (χ3v) is 2.32. The summed E-state index contributed by atoms with van der Waals surface area (Å²) in [6, 6.07) is -0.0922. The Balaban J connectivity index is 3.14. The molecule has 74 valence electrons. The lowest BCUT2D eigenvalue weighted by Crippen LogP contribution is -2.07. The molecule has 0 radical (unpaired) electrons. The van der Waals surface area contributed by atoms with E-state index in [1.54, 1.807) is 13.8 Å². The SMILES string of the molecule is CC(C)n1ncc(C(F)(F)F)c1Br. The third-order valence-electron chi connectivity index (χ3n) is 1.53. The molecular weight excluding hydrogens is 249 g/mol. The van der Waals surface area contributed by atoms with Crippen LogP contribution < -0.4 is 0 Å². The van der Waals surface area contributed by atoms with Crippen molar-refractivity contribution < 1.29 is 13.2 Å². The van der Waals surface area contributed by atoms with E-state index in [1.165, 1.54) is 4.68 Å². The summed E-state index contributed by atoms with van der Waals surface area (Å²) >= 11 is 2.87. The van der Waals surface area contributed by atoms with E-state index in [0.717, 1.165) is 6.20 Å². The Morgan fingerprint density at radius 2 is 2.00 bits per heavy atom. The highest BCUT2D eigenvalue weighted by Gasteiger charge is 2.35. The Bertz CT molecular complexity index is 303. The lowest BCUT2D eigenvalue weighted by atomic mass is 10.3. The molecule has 0 fully saturated rings. The number of alkyl halides is 3. The standard InChI is InChI=1S/C7H8BrF3N2/c1-4(2)13-6(8)5(3-12-13)7(9,10)11/h3-4H,1-2H3. The summed E-state index contributed by atoms with van der Waals surface area (Å²) in [4.78, 5) is 0. The highest BCUT2D eigenvalue weighted by Crippen LogP contribution is 2.35. The van der Waals surface area contributed by atoms with E-state index >= 15 is 0 Å². The van der Waals surface area contributed by atoms with Gasteiger partial charge in [0.05, 0.1) is 6.20 Å². The van der Waals surface area contributed by atoms with Gasteiger partial charge < -0.3 is 0 Å². The van der Waals surface area contributed by atoms with Crippen LogP contribution in [0.4, 0.5) is 13.2 Å². The Labute approximate surface area is 81.9 Å². The topological polar surface area (TPSA) is 17.8 Å². The van der Waals surface area contributed by atoms with Crippen molar-refractivity contribution in [2.45, 2.75) is 26.1 Å². The first-order valence-corrected chi connectivity index (χ1v) is 4.43. The molecule has 0 saturated heterocycles. The van der Waals surface area contributed by atoms with Crippen molar-refractivity contribution in [3.8, 4) is 0 Å². The Morgan fingerprint density at radius 1 is 1.46 bits per heavy atom. The zero-order valence-electron chi connectivity index (χ0n) is 7.06. The molecule has 1 aromatic rings. The summed E-state index contributed by atoms with van der Waals surface area (Å²) in [6.45, 7) is 3.52. The maximum Gasteiger partial charge on any atom is 0.420 e. The minimum Gasteiger partial charge on any atom is -0.255 e. The monoisotopic (exact) mass is 256 g/mol. The third kappa shape index (κ3) is 2.04. The van der Waals surface area contributed by atoms with Crippen LogP contribution in [0.3, 0.4) is 0 Å². The molecule has 1 aromatic heterocycles. The van der Waals surface area contributed by atoms with Gasteiger partial charge in [-0.15, -0.1) is 0 Å². The summed E-state index contributed by atoms with van der Waals surface area (Å²) in [7, 11) is 0. The van der Waals surface area contributed by atoms with Crippen LogP contribution in [0, 0.1) is 0 Å². The zero-order valence-corrected chi connectivity index (χ0v) is 8.65. The van der Waals surface area contributed by atoms with E-state index < -0.39 is 11.7 Å². The number of rotatable bonds is 1. The smallest absolute Gasteiger partial charge is 0.255 e. The van der Waals surface area contributed by atoms with Crippen LogP contribution in [-0.2, 0) is 6.18 Å². The van der Waals surface area contributed by atoms with E-state index in [4.69, 9.17) is 0 Å². The first-order valence-electron chi connectivity index (χ1n) is 3.64. The Morgan fingerprint density at radius 3 is 2.23 bits per heavy atom. The highest BCUT2D eigenvalue weighted by molar-refractivity contribution is 9.10. The molecule has 0 amide bonds. The average Bonchev–Trinajstić information content (AvgIpc) is 2.28. The molecule has 13 heavy (non-hydrogen) atoms. The number of halogens is 4. The first-order chi connectivity index (χ1) is 5.84. The average molecular weight is 257 g/mol. The molecule has 2 nitrogen and oxygen atoms in total. The minimum absolute atomic E-state index is 0.0185. The van der Waals surface area contributed by atoms with Gasteiger partial charge in [-0.25, -0.2) is 0 Å². The van der Waals surface area contributed by atoms with Crippen molar-refractivity contribution in [1.82, 2.24) is 9.78 Å². The molecule has 0 aliphatic rings. The second-order valence-electron chi connectivity index (χ2n) is 2.89. The van der Waals surface area contributed by atoms with Crippen molar-refractivity contribution in [3.63, 3.8) is 0 Å². The lowest BCUT2D eigenvalue weighted by molar-refractivity contribution is -0.138. The molecule has 0 spiro atoms. The van der Waals surface area contributed by atoms with Gasteiger partial charge in [-0.05, 0) is 29.8 Å². The van der Waals surface area contributed by atoms with Gasteiger partial charge in [0.15, 0.2) is 0 Å². The van der Waals surface area contributed by atoms with Crippen molar-refractivity contribution in [2.24, 2.45) is 0 Å². The van der Waals surface area contributed by atoms with Crippen LogP contribution >= 0.6 is 15.9 Å². The molecule has 0 unspecified atom stereocenters. The van der Waals surface area contributed by atoms with Gasteiger partial charge in [0.1, 0.15) is 10.2 Å². The molecular formula is C7H8BrF3N2. The molecule has 1 heterocycles. The van der Waals surface area contributed by atoms with Crippen LogP contribution in [0.1, 0.15) is 25.5 Å². The van der Waals surface area contributed by atoms with Gasteiger partial charge in [-0.3, -0.25) is 4.68 Å². The summed E-state index contributed by atoms with van der Waals surface area (Å²) in [5.41, 5.74) is -0.735. The molecule has 0 bridgehead atoms. The quantitative estimate of drug-likeness (QED) is 0.755. The Kier molecular flexibility index (Phi) is 2.70. The fourth-order valence-corrected chi connectivity index (χ4v) is 1.73.